The van der Waals surface area contributed by atoms with Gasteiger partial charge in [-0.1, -0.05) is 82.2 Å². The van der Waals surface area contributed by atoms with Crippen molar-refractivity contribution in [3.05, 3.63) is 35.9 Å². The highest BCUT2D eigenvalue weighted by Gasteiger charge is 2.14. The maximum absolute atomic E-state index is 2.36. The van der Waals surface area contributed by atoms with Gasteiger partial charge in [-0.2, -0.15) is 0 Å². The predicted octanol–water partition coefficient (Wildman–Crippen LogP) is 2.80. The van der Waals surface area contributed by atoms with E-state index in [1.807, 2.05) is 0 Å². The second kappa shape index (κ2) is 13.0. The molecule has 0 saturated carbocycles. The van der Waals surface area contributed by atoms with Crippen LogP contribution in [0.15, 0.2) is 30.3 Å². The SMILES string of the molecule is CCCCCCCCCCC[N+](C)(C)Cc1ccccc1.[Cl-]. The first-order valence-corrected chi connectivity index (χ1v) is 9.00. The van der Waals surface area contributed by atoms with Gasteiger partial charge in [0, 0.05) is 5.56 Å². The summed E-state index contributed by atoms with van der Waals surface area (Å²) in [5.41, 5.74) is 1.46. The predicted molar refractivity (Wildman–Crippen MR) is 94.3 cm³/mol. The van der Waals surface area contributed by atoms with E-state index in [1.54, 1.807) is 0 Å². The van der Waals surface area contributed by atoms with Crippen LogP contribution >= 0.6 is 0 Å². The van der Waals surface area contributed by atoms with Gasteiger partial charge in [0.05, 0.1) is 20.6 Å². The third-order valence-corrected chi connectivity index (χ3v) is 4.32. The zero-order valence-corrected chi connectivity index (χ0v) is 15.7. The molecule has 0 atom stereocenters. The van der Waals surface area contributed by atoms with Gasteiger partial charge in [0.2, 0.25) is 0 Å². The average Bonchev–Trinajstić information content (AvgIpc) is 2.46. The second-order valence-electron chi connectivity index (χ2n) is 7.13. The maximum atomic E-state index is 2.36. The minimum Gasteiger partial charge on any atom is -1.00 e. The first kappa shape index (κ1) is 21.5. The molecule has 0 heterocycles. The first-order chi connectivity index (χ1) is 10.1. The van der Waals surface area contributed by atoms with E-state index in [0.717, 1.165) is 11.0 Å². The van der Waals surface area contributed by atoms with Crippen molar-refractivity contribution in [2.24, 2.45) is 0 Å². The molecule has 1 aromatic rings. The molecule has 1 rings (SSSR count). The molecule has 0 aliphatic heterocycles. The number of unbranched alkanes of at least 4 members (excludes halogenated alkanes) is 8. The van der Waals surface area contributed by atoms with Gasteiger partial charge in [-0.25, -0.2) is 0 Å². The van der Waals surface area contributed by atoms with E-state index in [2.05, 4.69) is 51.4 Å². The fraction of sp³-hybridized carbons (Fsp3) is 0.700. The third kappa shape index (κ3) is 11.1. The van der Waals surface area contributed by atoms with Gasteiger partial charge in [0.25, 0.3) is 0 Å². The molecular formula is C20H36ClN. The van der Waals surface area contributed by atoms with Gasteiger partial charge in [0.1, 0.15) is 6.54 Å². The summed E-state index contributed by atoms with van der Waals surface area (Å²) in [6.07, 6.45) is 12.8. The molecule has 0 radical (unpaired) electrons. The van der Waals surface area contributed by atoms with Crippen molar-refractivity contribution in [3.8, 4) is 0 Å². The van der Waals surface area contributed by atoms with Crippen LogP contribution < -0.4 is 12.4 Å². The third-order valence-electron chi connectivity index (χ3n) is 4.32. The topological polar surface area (TPSA) is 0 Å². The number of rotatable bonds is 12. The van der Waals surface area contributed by atoms with Gasteiger partial charge in [-0.3, -0.25) is 0 Å². The highest BCUT2D eigenvalue weighted by Crippen LogP contribution is 2.13. The monoisotopic (exact) mass is 325 g/mol. The molecule has 1 aromatic carbocycles. The molecule has 0 aromatic heterocycles. The van der Waals surface area contributed by atoms with Crippen LogP contribution in [0.2, 0.25) is 0 Å². The number of quaternary nitrogens is 1. The summed E-state index contributed by atoms with van der Waals surface area (Å²) >= 11 is 0. The quantitative estimate of drug-likeness (QED) is 0.409. The molecule has 0 bridgehead atoms. The van der Waals surface area contributed by atoms with Gasteiger partial charge in [0.15, 0.2) is 0 Å². The van der Waals surface area contributed by atoms with Crippen LogP contribution in [0.5, 0.6) is 0 Å². The first-order valence-electron chi connectivity index (χ1n) is 9.00. The molecular weight excluding hydrogens is 290 g/mol. The molecule has 0 saturated heterocycles. The zero-order chi connectivity index (χ0) is 15.4. The fourth-order valence-electron chi connectivity index (χ4n) is 3.01. The minimum atomic E-state index is 0. The molecule has 0 amide bonds. The molecule has 22 heavy (non-hydrogen) atoms. The van der Waals surface area contributed by atoms with E-state index in [0.29, 0.717) is 0 Å². The van der Waals surface area contributed by atoms with Crippen LogP contribution in [0.1, 0.15) is 70.3 Å². The van der Waals surface area contributed by atoms with Crippen molar-refractivity contribution in [2.45, 2.75) is 71.3 Å². The number of halogens is 1. The minimum absolute atomic E-state index is 0. The van der Waals surface area contributed by atoms with E-state index in [9.17, 15) is 0 Å². The highest BCUT2D eigenvalue weighted by atomic mass is 35.5. The number of hydrogen-bond acceptors (Lipinski definition) is 0. The summed E-state index contributed by atoms with van der Waals surface area (Å²) in [6, 6.07) is 10.9. The highest BCUT2D eigenvalue weighted by molar-refractivity contribution is 5.13. The molecule has 0 unspecified atom stereocenters. The zero-order valence-electron chi connectivity index (χ0n) is 15.0. The summed E-state index contributed by atoms with van der Waals surface area (Å²) in [6.45, 7) is 4.73. The maximum Gasteiger partial charge on any atom is 0.104 e. The summed E-state index contributed by atoms with van der Waals surface area (Å²) in [4.78, 5) is 0. The van der Waals surface area contributed by atoms with Gasteiger partial charge < -0.3 is 16.9 Å². The standard InChI is InChI=1S/C20H36N.ClH/c1-4-5-6-7-8-9-10-11-15-18-21(2,3)19-20-16-13-12-14-17-20;/h12-14,16-17H,4-11,15,18-19H2,1-3H3;1H/q+1;/p-1. The molecule has 0 N–H and O–H groups in total. The largest absolute Gasteiger partial charge is 1.00 e. The summed E-state index contributed by atoms with van der Waals surface area (Å²) in [5, 5.41) is 0. The summed E-state index contributed by atoms with van der Waals surface area (Å²) in [5.74, 6) is 0. The van der Waals surface area contributed by atoms with Crippen LogP contribution in [0.25, 0.3) is 0 Å². The normalized spacial score (nSPS) is 11.2. The molecule has 1 nitrogen and oxygen atoms in total. The Kier molecular flexibility index (Phi) is 12.6. The van der Waals surface area contributed by atoms with Crippen molar-refractivity contribution in [2.75, 3.05) is 20.6 Å². The molecule has 0 fully saturated rings. The summed E-state index contributed by atoms with van der Waals surface area (Å²) in [7, 11) is 4.72. The number of nitrogens with zero attached hydrogens (tertiary/aromatic N) is 1. The Morgan fingerprint density at radius 3 is 1.77 bits per heavy atom. The second-order valence-corrected chi connectivity index (χ2v) is 7.13. The lowest BCUT2D eigenvalue weighted by molar-refractivity contribution is -0.903. The lowest BCUT2D eigenvalue weighted by Crippen LogP contribution is -3.00. The van der Waals surface area contributed by atoms with Gasteiger partial charge in [-0.15, -0.1) is 0 Å². The fourth-order valence-corrected chi connectivity index (χ4v) is 3.01. The number of hydrogen-bond donors (Lipinski definition) is 0. The van der Waals surface area contributed by atoms with Crippen LogP contribution in [0.4, 0.5) is 0 Å². The van der Waals surface area contributed by atoms with Crippen LogP contribution in [0.3, 0.4) is 0 Å². The molecule has 2 heteroatoms. The van der Waals surface area contributed by atoms with Gasteiger partial charge >= 0.3 is 0 Å². The lowest BCUT2D eigenvalue weighted by Gasteiger charge is -2.30. The van der Waals surface area contributed by atoms with Gasteiger partial charge in [-0.05, 0) is 12.8 Å². The number of benzene rings is 1. The van der Waals surface area contributed by atoms with Crippen molar-refractivity contribution in [1.82, 2.24) is 0 Å². The molecule has 0 spiro atoms. The molecule has 0 aliphatic rings. The Labute approximate surface area is 145 Å². The van der Waals surface area contributed by atoms with E-state index < -0.39 is 0 Å². The Morgan fingerprint density at radius 1 is 0.727 bits per heavy atom. The van der Waals surface area contributed by atoms with E-state index >= 15 is 0 Å². The Hall–Kier alpha value is -0.530. The Bertz CT molecular complexity index is 348. The average molecular weight is 326 g/mol. The van der Waals surface area contributed by atoms with Crippen molar-refractivity contribution in [3.63, 3.8) is 0 Å². The Morgan fingerprint density at radius 2 is 1.23 bits per heavy atom. The van der Waals surface area contributed by atoms with Crippen molar-refractivity contribution in [1.29, 1.82) is 0 Å². The van der Waals surface area contributed by atoms with E-state index in [4.69, 9.17) is 0 Å². The Balaban J connectivity index is 0.00000441. The molecule has 128 valence electrons. The smallest absolute Gasteiger partial charge is 0.104 e. The van der Waals surface area contributed by atoms with Crippen molar-refractivity contribution >= 4 is 0 Å². The van der Waals surface area contributed by atoms with E-state index in [-0.39, 0.29) is 12.4 Å². The van der Waals surface area contributed by atoms with E-state index in [1.165, 1.54) is 69.9 Å². The van der Waals surface area contributed by atoms with Crippen LogP contribution in [-0.2, 0) is 6.54 Å². The van der Waals surface area contributed by atoms with Crippen LogP contribution in [-0.4, -0.2) is 25.1 Å². The molecule has 0 aliphatic carbocycles. The van der Waals surface area contributed by atoms with Crippen LogP contribution in [0, 0.1) is 0 Å². The summed E-state index contributed by atoms with van der Waals surface area (Å²) < 4.78 is 1.11. The lowest BCUT2D eigenvalue weighted by atomic mass is 10.1. The van der Waals surface area contributed by atoms with Crippen molar-refractivity contribution < 1.29 is 16.9 Å².